The molecular formula is C17H17NO8. The molecule has 9 heteroatoms. The molecule has 0 fully saturated rings. The summed E-state index contributed by atoms with van der Waals surface area (Å²) in [5.41, 5.74) is 0.627. The summed E-state index contributed by atoms with van der Waals surface area (Å²) in [5, 5.41) is 20.3. The second kappa shape index (κ2) is 8.15. The van der Waals surface area contributed by atoms with Gasteiger partial charge in [-0.2, -0.15) is 0 Å². The number of ether oxygens (including phenoxy) is 1. The zero-order valence-electron chi connectivity index (χ0n) is 13.9. The van der Waals surface area contributed by atoms with Gasteiger partial charge in [-0.1, -0.05) is 6.92 Å². The van der Waals surface area contributed by atoms with Gasteiger partial charge in [-0.25, -0.2) is 9.59 Å². The van der Waals surface area contributed by atoms with Crippen LogP contribution in [0.25, 0.3) is 11.0 Å². The topological polar surface area (TPSA) is 143 Å². The van der Waals surface area contributed by atoms with Crippen molar-refractivity contribution in [3.8, 4) is 5.75 Å². The largest absolute Gasteiger partial charge is 0.484 e. The molecule has 0 saturated carbocycles. The van der Waals surface area contributed by atoms with Gasteiger partial charge in [0, 0.05) is 17.5 Å². The molecule has 0 aliphatic rings. The number of carbonyl (C=O) groups excluding carboxylic acids is 1. The van der Waals surface area contributed by atoms with Crippen molar-refractivity contribution in [2.75, 3.05) is 6.61 Å². The second-order valence-corrected chi connectivity index (χ2v) is 5.45. The van der Waals surface area contributed by atoms with Gasteiger partial charge in [-0.3, -0.25) is 9.59 Å². The molecule has 138 valence electrons. The van der Waals surface area contributed by atoms with Crippen molar-refractivity contribution in [3.63, 3.8) is 0 Å². The first-order valence-corrected chi connectivity index (χ1v) is 7.73. The van der Waals surface area contributed by atoms with Crippen LogP contribution in [-0.2, 0) is 20.8 Å². The summed E-state index contributed by atoms with van der Waals surface area (Å²) >= 11 is 0. The number of hydrogen-bond acceptors (Lipinski definition) is 6. The molecule has 0 aliphatic heterocycles. The number of nitrogens with one attached hydrogen (secondary N) is 1. The molecule has 26 heavy (non-hydrogen) atoms. The van der Waals surface area contributed by atoms with Gasteiger partial charge in [0.2, 0.25) is 0 Å². The van der Waals surface area contributed by atoms with E-state index in [-0.39, 0.29) is 5.75 Å². The number of aliphatic carboxylic acids is 2. The van der Waals surface area contributed by atoms with Gasteiger partial charge in [0.05, 0.1) is 6.42 Å². The smallest absolute Gasteiger partial charge is 0.336 e. The molecule has 1 atom stereocenters. The van der Waals surface area contributed by atoms with Gasteiger partial charge in [-0.05, 0) is 24.1 Å². The van der Waals surface area contributed by atoms with Crippen LogP contribution in [0, 0.1) is 0 Å². The zero-order chi connectivity index (χ0) is 19.3. The summed E-state index contributed by atoms with van der Waals surface area (Å²) in [6.07, 6.45) is -0.104. The van der Waals surface area contributed by atoms with Crippen molar-refractivity contribution in [1.29, 1.82) is 0 Å². The standard InChI is InChI=1S/C17H17NO8/c1-2-9-5-16(22)26-13-6-10(3-4-11(9)13)25-8-14(19)18-12(17(23)24)7-15(20)21/h3-6,12H,2,7-8H2,1H3,(H,18,19)(H,20,21)(H,23,24)/t12-/m0/s1. The summed E-state index contributed by atoms with van der Waals surface area (Å²) in [6.45, 7) is 1.38. The quantitative estimate of drug-likeness (QED) is 0.584. The van der Waals surface area contributed by atoms with Crippen LogP contribution in [0.1, 0.15) is 18.9 Å². The second-order valence-electron chi connectivity index (χ2n) is 5.45. The third-order valence-electron chi connectivity index (χ3n) is 3.56. The van der Waals surface area contributed by atoms with E-state index in [2.05, 4.69) is 5.32 Å². The van der Waals surface area contributed by atoms with E-state index in [0.717, 1.165) is 10.9 Å². The molecule has 1 amide bonds. The lowest BCUT2D eigenvalue weighted by atomic mass is 10.1. The van der Waals surface area contributed by atoms with Crippen LogP contribution in [0.2, 0.25) is 0 Å². The van der Waals surface area contributed by atoms with Crippen molar-refractivity contribution in [3.05, 3.63) is 40.2 Å². The van der Waals surface area contributed by atoms with Crippen LogP contribution < -0.4 is 15.7 Å². The Morgan fingerprint density at radius 1 is 1.23 bits per heavy atom. The van der Waals surface area contributed by atoms with E-state index in [4.69, 9.17) is 19.4 Å². The average Bonchev–Trinajstić information content (AvgIpc) is 2.57. The van der Waals surface area contributed by atoms with E-state index >= 15 is 0 Å². The van der Waals surface area contributed by atoms with Crippen molar-refractivity contribution in [2.45, 2.75) is 25.8 Å². The zero-order valence-corrected chi connectivity index (χ0v) is 13.9. The van der Waals surface area contributed by atoms with Gasteiger partial charge in [-0.15, -0.1) is 0 Å². The van der Waals surface area contributed by atoms with E-state index in [1.807, 2.05) is 6.92 Å². The summed E-state index contributed by atoms with van der Waals surface area (Å²) < 4.78 is 10.4. The molecule has 3 N–H and O–H groups in total. The van der Waals surface area contributed by atoms with Crippen LogP contribution in [0.4, 0.5) is 0 Å². The number of rotatable bonds is 8. The number of carboxylic acid groups (broad SMARTS) is 2. The summed E-state index contributed by atoms with van der Waals surface area (Å²) in [5.74, 6) is -3.35. The fraction of sp³-hybridized carbons (Fsp3) is 0.294. The van der Waals surface area contributed by atoms with Crippen LogP contribution in [0.15, 0.2) is 33.5 Å². The minimum Gasteiger partial charge on any atom is -0.484 e. The highest BCUT2D eigenvalue weighted by molar-refractivity contribution is 5.87. The maximum Gasteiger partial charge on any atom is 0.336 e. The summed E-state index contributed by atoms with van der Waals surface area (Å²) in [7, 11) is 0. The highest BCUT2D eigenvalue weighted by Crippen LogP contribution is 2.23. The summed E-state index contributed by atoms with van der Waals surface area (Å²) in [6, 6.07) is 4.58. The first kappa shape index (κ1) is 19.0. The Bertz CT molecular complexity index is 901. The third-order valence-corrected chi connectivity index (χ3v) is 3.56. The molecule has 1 aromatic carbocycles. The van der Waals surface area contributed by atoms with Crippen LogP contribution in [-0.4, -0.2) is 40.7 Å². The maximum absolute atomic E-state index is 11.8. The molecule has 2 rings (SSSR count). The Morgan fingerprint density at radius 2 is 1.96 bits per heavy atom. The highest BCUT2D eigenvalue weighted by Gasteiger charge is 2.23. The predicted molar refractivity (Wildman–Crippen MR) is 89.2 cm³/mol. The first-order chi connectivity index (χ1) is 12.3. The van der Waals surface area contributed by atoms with Crippen LogP contribution >= 0.6 is 0 Å². The monoisotopic (exact) mass is 363 g/mol. The van der Waals surface area contributed by atoms with E-state index in [0.29, 0.717) is 12.0 Å². The number of fused-ring (bicyclic) bond motifs is 1. The molecule has 0 aliphatic carbocycles. The summed E-state index contributed by atoms with van der Waals surface area (Å²) in [4.78, 5) is 44.8. The van der Waals surface area contributed by atoms with Gasteiger partial charge < -0.3 is 24.7 Å². The number of amides is 1. The van der Waals surface area contributed by atoms with Gasteiger partial charge >= 0.3 is 17.6 Å². The molecule has 9 nitrogen and oxygen atoms in total. The van der Waals surface area contributed by atoms with E-state index < -0.39 is 42.5 Å². The maximum atomic E-state index is 11.8. The lowest BCUT2D eigenvalue weighted by Gasteiger charge is -2.13. The van der Waals surface area contributed by atoms with Crippen LogP contribution in [0.5, 0.6) is 5.75 Å². The lowest BCUT2D eigenvalue weighted by molar-refractivity contribution is -0.147. The number of hydrogen-bond donors (Lipinski definition) is 3. The van der Waals surface area contributed by atoms with Crippen molar-refractivity contribution < 1.29 is 33.8 Å². The van der Waals surface area contributed by atoms with Crippen molar-refractivity contribution in [2.24, 2.45) is 0 Å². The number of carbonyl (C=O) groups is 3. The molecule has 0 radical (unpaired) electrons. The predicted octanol–water partition coefficient (Wildman–Crippen LogP) is 0.778. The molecule has 0 spiro atoms. The Labute approximate surface area is 147 Å². The lowest BCUT2D eigenvalue weighted by Crippen LogP contribution is -2.44. The average molecular weight is 363 g/mol. The fourth-order valence-corrected chi connectivity index (χ4v) is 2.35. The minimum absolute atomic E-state index is 0.245. The number of aryl methyl sites for hydroxylation is 1. The minimum atomic E-state index is -1.55. The van der Waals surface area contributed by atoms with E-state index in [9.17, 15) is 19.2 Å². The molecule has 0 saturated heterocycles. The molecule has 1 aromatic heterocycles. The molecule has 0 unspecified atom stereocenters. The fourth-order valence-electron chi connectivity index (χ4n) is 2.35. The van der Waals surface area contributed by atoms with Gasteiger partial charge in [0.15, 0.2) is 6.61 Å². The highest BCUT2D eigenvalue weighted by atomic mass is 16.5. The van der Waals surface area contributed by atoms with Gasteiger partial charge in [0.25, 0.3) is 5.91 Å². The molecular weight excluding hydrogens is 346 g/mol. The molecule has 1 heterocycles. The van der Waals surface area contributed by atoms with E-state index in [1.54, 1.807) is 12.1 Å². The van der Waals surface area contributed by atoms with Crippen molar-refractivity contribution in [1.82, 2.24) is 5.32 Å². The normalized spacial score (nSPS) is 11.7. The number of benzene rings is 1. The Morgan fingerprint density at radius 3 is 2.58 bits per heavy atom. The third kappa shape index (κ3) is 4.82. The Hall–Kier alpha value is -3.36. The van der Waals surface area contributed by atoms with Gasteiger partial charge in [0.1, 0.15) is 17.4 Å². The van der Waals surface area contributed by atoms with E-state index in [1.165, 1.54) is 12.1 Å². The number of carboxylic acids is 2. The SMILES string of the molecule is CCc1cc(=O)oc2cc(OCC(=O)N[C@@H](CC(=O)O)C(=O)O)ccc12. The molecule has 2 aromatic rings. The first-order valence-electron chi connectivity index (χ1n) is 7.73. The Balaban J connectivity index is 2.07. The van der Waals surface area contributed by atoms with Crippen LogP contribution in [0.3, 0.4) is 0 Å². The van der Waals surface area contributed by atoms with Crippen molar-refractivity contribution >= 4 is 28.8 Å². The Kier molecular flexibility index (Phi) is 5.94. The molecule has 0 bridgehead atoms.